The normalized spacial score (nSPS) is 11.6. The van der Waals surface area contributed by atoms with Gasteiger partial charge in [0.05, 0.1) is 12.6 Å². The Morgan fingerprint density at radius 2 is 1.45 bits per heavy atom. The molecule has 0 spiro atoms. The Bertz CT molecular complexity index is 613. The number of ether oxygens (including phenoxy) is 2. The van der Waals surface area contributed by atoms with Crippen LogP contribution in [0.2, 0.25) is 0 Å². The van der Waals surface area contributed by atoms with Gasteiger partial charge in [-0.05, 0) is 12.0 Å². The summed E-state index contributed by atoms with van der Waals surface area (Å²) >= 11 is 0. The Morgan fingerprint density at radius 3 is 2.06 bits per heavy atom. The summed E-state index contributed by atoms with van der Waals surface area (Å²) in [7, 11) is 1.56. The van der Waals surface area contributed by atoms with E-state index in [1.54, 1.807) is 7.11 Å². The van der Waals surface area contributed by atoms with Crippen LogP contribution >= 0.6 is 0 Å². The van der Waals surface area contributed by atoms with Gasteiger partial charge in [-0.2, -0.15) is 0 Å². The van der Waals surface area contributed by atoms with Gasteiger partial charge >= 0.3 is 12.1 Å². The number of alkyl carbamates (subject to hydrolysis) is 1. The summed E-state index contributed by atoms with van der Waals surface area (Å²) in [6.07, 6.45) is 13.5. The van der Waals surface area contributed by atoms with Crippen molar-refractivity contribution in [3.8, 4) is 0 Å². The fourth-order valence-corrected chi connectivity index (χ4v) is 3.56. The second-order valence-corrected chi connectivity index (χ2v) is 8.53. The highest BCUT2D eigenvalue weighted by Gasteiger charge is 2.14. The van der Waals surface area contributed by atoms with Crippen LogP contribution in [-0.4, -0.2) is 45.0 Å². The van der Waals surface area contributed by atoms with E-state index in [9.17, 15) is 9.59 Å². The molecular formula is C26H45N3O4. The van der Waals surface area contributed by atoms with Crippen molar-refractivity contribution in [2.24, 2.45) is 0 Å². The zero-order valence-electron chi connectivity index (χ0n) is 20.7. The molecule has 3 N–H and O–H groups in total. The van der Waals surface area contributed by atoms with E-state index in [0.29, 0.717) is 13.2 Å². The Balaban J connectivity index is 2.05. The third kappa shape index (κ3) is 16.9. The first-order valence-corrected chi connectivity index (χ1v) is 12.6. The highest BCUT2D eigenvalue weighted by Crippen LogP contribution is 2.11. The average Bonchev–Trinajstić information content (AvgIpc) is 2.82. The van der Waals surface area contributed by atoms with Gasteiger partial charge in [0.25, 0.3) is 0 Å². The van der Waals surface area contributed by atoms with Crippen LogP contribution in [0.15, 0.2) is 30.3 Å². The molecule has 0 saturated heterocycles. The van der Waals surface area contributed by atoms with Gasteiger partial charge in [0.15, 0.2) is 0 Å². The fourth-order valence-electron chi connectivity index (χ4n) is 3.56. The van der Waals surface area contributed by atoms with Gasteiger partial charge in [-0.3, -0.25) is 0 Å². The van der Waals surface area contributed by atoms with Gasteiger partial charge in [-0.15, -0.1) is 0 Å². The molecule has 0 bridgehead atoms. The molecule has 1 aromatic rings. The van der Waals surface area contributed by atoms with E-state index in [1.807, 2.05) is 30.3 Å². The van der Waals surface area contributed by atoms with Crippen molar-refractivity contribution in [3.63, 3.8) is 0 Å². The lowest BCUT2D eigenvalue weighted by molar-refractivity contribution is 0.132. The number of unbranched alkanes of at least 4 members (excludes halogenated alkanes) is 10. The van der Waals surface area contributed by atoms with E-state index >= 15 is 0 Å². The molecule has 0 aliphatic heterocycles. The predicted octanol–water partition coefficient (Wildman–Crippen LogP) is 5.54. The first-order valence-electron chi connectivity index (χ1n) is 12.6. The third-order valence-corrected chi connectivity index (χ3v) is 5.47. The first-order chi connectivity index (χ1) is 16.2. The van der Waals surface area contributed by atoms with E-state index in [1.165, 1.54) is 57.8 Å². The molecule has 7 nitrogen and oxygen atoms in total. The summed E-state index contributed by atoms with van der Waals surface area (Å²) in [4.78, 5) is 24.0. The molecular weight excluding hydrogens is 418 g/mol. The monoisotopic (exact) mass is 463 g/mol. The maximum absolute atomic E-state index is 12.1. The Morgan fingerprint density at radius 1 is 0.848 bits per heavy atom. The summed E-state index contributed by atoms with van der Waals surface area (Å²) in [6, 6.07) is 8.90. The van der Waals surface area contributed by atoms with Gasteiger partial charge < -0.3 is 25.4 Å². The van der Waals surface area contributed by atoms with Crippen LogP contribution in [0.4, 0.5) is 9.59 Å². The molecule has 188 valence electrons. The molecule has 0 heterocycles. The SMILES string of the molecule is CCCCCCCCCCCCCNC(=O)N[C@@H](CNC(=O)OCc1ccccc1)COC. The van der Waals surface area contributed by atoms with Crippen molar-refractivity contribution in [2.75, 3.05) is 26.8 Å². The van der Waals surface area contributed by atoms with Gasteiger partial charge in [0.1, 0.15) is 6.61 Å². The molecule has 0 unspecified atom stereocenters. The number of amides is 3. The van der Waals surface area contributed by atoms with Gasteiger partial charge in [-0.25, -0.2) is 9.59 Å². The molecule has 0 aliphatic carbocycles. The standard InChI is InChI=1S/C26H45N3O4/c1-3-4-5-6-7-8-9-10-11-12-16-19-27-25(30)29-24(22-32-2)20-28-26(31)33-21-23-17-14-13-15-18-23/h13-15,17-18,24H,3-12,16,19-22H2,1-2H3,(H,28,31)(H2,27,29,30)/t24-/m0/s1. The van der Waals surface area contributed by atoms with Crippen LogP contribution in [0.5, 0.6) is 0 Å². The maximum atomic E-state index is 12.1. The summed E-state index contributed by atoms with van der Waals surface area (Å²) in [5.41, 5.74) is 0.918. The number of carbonyl (C=O) groups is 2. The zero-order chi connectivity index (χ0) is 24.0. The van der Waals surface area contributed by atoms with Crippen LogP contribution in [0.1, 0.15) is 83.1 Å². The van der Waals surface area contributed by atoms with Crippen molar-refractivity contribution in [1.82, 2.24) is 16.0 Å². The van der Waals surface area contributed by atoms with Crippen LogP contribution < -0.4 is 16.0 Å². The number of hydrogen-bond acceptors (Lipinski definition) is 4. The molecule has 0 saturated carbocycles. The van der Waals surface area contributed by atoms with E-state index in [4.69, 9.17) is 9.47 Å². The minimum absolute atomic E-state index is 0.203. The predicted molar refractivity (Wildman–Crippen MR) is 133 cm³/mol. The molecule has 1 rings (SSSR count). The van der Waals surface area contributed by atoms with Gasteiger partial charge in [0, 0.05) is 20.2 Å². The summed E-state index contributed by atoms with van der Waals surface area (Å²) in [5.74, 6) is 0. The molecule has 0 fully saturated rings. The van der Waals surface area contributed by atoms with Crippen molar-refractivity contribution in [1.29, 1.82) is 0 Å². The fraction of sp³-hybridized carbons (Fsp3) is 0.692. The number of carbonyl (C=O) groups excluding carboxylic acids is 2. The number of urea groups is 1. The highest BCUT2D eigenvalue weighted by atomic mass is 16.5. The Kier molecular flexibility index (Phi) is 17.7. The van der Waals surface area contributed by atoms with Crippen molar-refractivity contribution >= 4 is 12.1 Å². The highest BCUT2D eigenvalue weighted by molar-refractivity contribution is 5.74. The Labute approximate surface area is 200 Å². The molecule has 0 radical (unpaired) electrons. The number of methoxy groups -OCH3 is 1. The number of nitrogens with one attached hydrogen (secondary N) is 3. The van der Waals surface area contributed by atoms with E-state index < -0.39 is 6.09 Å². The van der Waals surface area contributed by atoms with Crippen LogP contribution in [0.3, 0.4) is 0 Å². The molecule has 1 atom stereocenters. The molecule has 1 aromatic carbocycles. The second kappa shape index (κ2) is 20.3. The molecule has 0 aliphatic rings. The molecule has 3 amide bonds. The van der Waals surface area contributed by atoms with Crippen molar-refractivity contribution in [2.45, 2.75) is 90.2 Å². The van der Waals surface area contributed by atoms with Crippen molar-refractivity contribution in [3.05, 3.63) is 35.9 Å². The van der Waals surface area contributed by atoms with Crippen LogP contribution in [0, 0.1) is 0 Å². The lowest BCUT2D eigenvalue weighted by atomic mass is 10.1. The number of rotatable bonds is 19. The molecule has 7 heteroatoms. The lowest BCUT2D eigenvalue weighted by Gasteiger charge is -2.19. The minimum Gasteiger partial charge on any atom is -0.445 e. The largest absolute Gasteiger partial charge is 0.445 e. The maximum Gasteiger partial charge on any atom is 0.407 e. The minimum atomic E-state index is -0.525. The topological polar surface area (TPSA) is 88.7 Å². The summed E-state index contributed by atoms with van der Waals surface area (Å²) < 4.78 is 10.3. The number of benzene rings is 1. The molecule has 0 aromatic heterocycles. The van der Waals surface area contributed by atoms with Crippen molar-refractivity contribution < 1.29 is 19.1 Å². The summed E-state index contributed by atoms with van der Waals surface area (Å²) in [5, 5.41) is 8.40. The second-order valence-electron chi connectivity index (χ2n) is 8.53. The van der Waals surface area contributed by atoms with Gasteiger partial charge in [0.2, 0.25) is 0 Å². The summed E-state index contributed by atoms with van der Waals surface area (Å²) in [6.45, 7) is 3.63. The number of hydrogen-bond donors (Lipinski definition) is 3. The lowest BCUT2D eigenvalue weighted by Crippen LogP contribution is -2.49. The average molecular weight is 464 g/mol. The van der Waals surface area contributed by atoms with E-state index in [0.717, 1.165) is 18.4 Å². The van der Waals surface area contributed by atoms with E-state index in [2.05, 4.69) is 22.9 Å². The first kappa shape index (κ1) is 28.8. The quantitative estimate of drug-likeness (QED) is 0.235. The molecule has 33 heavy (non-hydrogen) atoms. The van der Waals surface area contributed by atoms with Crippen LogP contribution in [-0.2, 0) is 16.1 Å². The zero-order valence-corrected chi connectivity index (χ0v) is 20.7. The Hall–Kier alpha value is -2.28. The van der Waals surface area contributed by atoms with Gasteiger partial charge in [-0.1, -0.05) is 101 Å². The van der Waals surface area contributed by atoms with Crippen LogP contribution in [0.25, 0.3) is 0 Å². The smallest absolute Gasteiger partial charge is 0.407 e. The third-order valence-electron chi connectivity index (χ3n) is 5.47. The van der Waals surface area contributed by atoms with E-state index in [-0.39, 0.29) is 25.2 Å².